The Labute approximate surface area is 135 Å². The smallest absolute Gasteiger partial charge is 0.311 e. The number of morpholine rings is 1. The molecule has 1 aliphatic rings. The monoisotopic (exact) mass is 334 g/mol. The third-order valence-electron chi connectivity index (χ3n) is 3.66. The largest absolute Gasteiger partial charge is 0.502 e. The van der Waals surface area contributed by atoms with Crippen molar-refractivity contribution in [3.63, 3.8) is 0 Å². The highest BCUT2D eigenvalue weighted by molar-refractivity contribution is 7.10. The van der Waals surface area contributed by atoms with Crippen LogP contribution in [0.2, 0.25) is 0 Å². The minimum Gasteiger partial charge on any atom is -0.502 e. The molecular formula is C15H14N2O5S. The Morgan fingerprint density at radius 2 is 2.22 bits per heavy atom. The Kier molecular flexibility index (Phi) is 4.26. The molecule has 0 spiro atoms. The molecule has 2 heterocycles. The van der Waals surface area contributed by atoms with E-state index in [9.17, 15) is 20.0 Å². The second-order valence-electron chi connectivity index (χ2n) is 5.06. The number of thiophene rings is 1. The van der Waals surface area contributed by atoms with Gasteiger partial charge in [0.1, 0.15) is 6.10 Å². The van der Waals surface area contributed by atoms with Crippen LogP contribution < -0.4 is 0 Å². The Morgan fingerprint density at radius 3 is 2.91 bits per heavy atom. The fraction of sp³-hybridized carbons (Fsp3) is 0.267. The van der Waals surface area contributed by atoms with Crippen molar-refractivity contribution in [1.82, 2.24) is 4.90 Å². The lowest BCUT2D eigenvalue weighted by molar-refractivity contribution is -0.385. The van der Waals surface area contributed by atoms with E-state index in [1.54, 1.807) is 16.2 Å². The molecule has 1 atom stereocenters. The number of hydrogen-bond acceptors (Lipinski definition) is 6. The van der Waals surface area contributed by atoms with Crippen molar-refractivity contribution >= 4 is 22.9 Å². The first-order valence-corrected chi connectivity index (χ1v) is 7.86. The number of carbonyl (C=O) groups excluding carboxylic acids is 1. The number of nitro benzene ring substituents is 1. The Balaban J connectivity index is 1.83. The van der Waals surface area contributed by atoms with E-state index >= 15 is 0 Å². The SMILES string of the molecule is O=C(c1cccc([N+](=O)[O-])c1O)N1CCO[C@@H](c2cccs2)C1. The zero-order valence-electron chi connectivity index (χ0n) is 12.0. The molecule has 3 rings (SSSR count). The Bertz CT molecular complexity index is 731. The Morgan fingerprint density at radius 1 is 1.39 bits per heavy atom. The van der Waals surface area contributed by atoms with Crippen LogP contribution in [0.25, 0.3) is 0 Å². The second kappa shape index (κ2) is 6.35. The molecule has 1 amide bonds. The zero-order chi connectivity index (χ0) is 16.4. The summed E-state index contributed by atoms with van der Waals surface area (Å²) in [5.41, 5.74) is -0.537. The first-order valence-electron chi connectivity index (χ1n) is 6.98. The third kappa shape index (κ3) is 3.03. The molecule has 1 saturated heterocycles. The fourth-order valence-electron chi connectivity index (χ4n) is 2.50. The normalized spacial score (nSPS) is 17.9. The lowest BCUT2D eigenvalue weighted by Crippen LogP contribution is -2.42. The number of nitro groups is 1. The third-order valence-corrected chi connectivity index (χ3v) is 4.62. The molecule has 23 heavy (non-hydrogen) atoms. The van der Waals surface area contributed by atoms with Crippen LogP contribution in [0.3, 0.4) is 0 Å². The van der Waals surface area contributed by atoms with Gasteiger partial charge in [0.05, 0.1) is 23.6 Å². The maximum Gasteiger partial charge on any atom is 0.311 e. The molecule has 0 aliphatic carbocycles. The number of benzene rings is 1. The summed E-state index contributed by atoms with van der Waals surface area (Å²) >= 11 is 1.55. The van der Waals surface area contributed by atoms with Gasteiger partial charge in [-0.3, -0.25) is 14.9 Å². The number of hydrogen-bond donors (Lipinski definition) is 1. The molecule has 0 unspecified atom stereocenters. The van der Waals surface area contributed by atoms with Gasteiger partial charge in [-0.1, -0.05) is 12.1 Å². The van der Waals surface area contributed by atoms with Crippen LogP contribution in [0, 0.1) is 10.1 Å². The van der Waals surface area contributed by atoms with Crippen molar-refractivity contribution in [3.05, 3.63) is 56.3 Å². The zero-order valence-corrected chi connectivity index (χ0v) is 12.9. The number of amides is 1. The summed E-state index contributed by atoms with van der Waals surface area (Å²) in [5, 5.41) is 22.8. The minimum atomic E-state index is -0.708. The number of rotatable bonds is 3. The number of aromatic hydroxyl groups is 1. The van der Waals surface area contributed by atoms with Crippen LogP contribution in [0.4, 0.5) is 5.69 Å². The molecule has 2 aromatic rings. The van der Waals surface area contributed by atoms with Crippen molar-refractivity contribution in [3.8, 4) is 5.75 Å². The number of para-hydroxylation sites is 1. The molecule has 1 aromatic carbocycles. The lowest BCUT2D eigenvalue weighted by Gasteiger charge is -2.32. The van der Waals surface area contributed by atoms with E-state index in [2.05, 4.69) is 0 Å². The van der Waals surface area contributed by atoms with E-state index in [0.717, 1.165) is 4.88 Å². The van der Waals surface area contributed by atoms with Gasteiger partial charge < -0.3 is 14.7 Å². The number of carbonyl (C=O) groups is 1. The van der Waals surface area contributed by atoms with Gasteiger partial charge in [-0.05, 0) is 17.5 Å². The summed E-state index contributed by atoms with van der Waals surface area (Å²) in [5.74, 6) is -1.03. The van der Waals surface area contributed by atoms with Gasteiger partial charge >= 0.3 is 5.69 Å². The molecule has 8 heteroatoms. The van der Waals surface area contributed by atoms with Gasteiger partial charge in [0.2, 0.25) is 5.75 Å². The van der Waals surface area contributed by atoms with Crippen molar-refractivity contribution in [2.45, 2.75) is 6.10 Å². The summed E-state index contributed by atoms with van der Waals surface area (Å²) in [6, 6.07) is 7.80. The van der Waals surface area contributed by atoms with Crippen LogP contribution in [-0.2, 0) is 4.74 Å². The lowest BCUT2D eigenvalue weighted by atomic mass is 10.1. The average molecular weight is 334 g/mol. The quantitative estimate of drug-likeness (QED) is 0.688. The maximum absolute atomic E-state index is 12.6. The van der Waals surface area contributed by atoms with Gasteiger partial charge in [0.25, 0.3) is 5.91 Å². The highest BCUT2D eigenvalue weighted by atomic mass is 32.1. The molecule has 7 nitrogen and oxygen atoms in total. The van der Waals surface area contributed by atoms with Crippen LogP contribution in [0.5, 0.6) is 5.75 Å². The molecular weight excluding hydrogens is 320 g/mol. The maximum atomic E-state index is 12.6. The standard InChI is InChI=1S/C15H14N2O5S/c18-14-10(3-1-4-11(14)17(20)21)15(19)16-6-7-22-12(9-16)13-5-2-8-23-13/h1-5,8,12,18H,6-7,9H2/t12-/m1/s1. The molecule has 120 valence electrons. The van der Waals surface area contributed by atoms with E-state index in [1.807, 2.05) is 17.5 Å². The molecule has 1 N–H and O–H groups in total. The summed E-state index contributed by atoms with van der Waals surface area (Å²) in [6.45, 7) is 1.11. The molecule has 1 fully saturated rings. The average Bonchev–Trinajstić information content (AvgIpc) is 3.09. The summed E-state index contributed by atoms with van der Waals surface area (Å²) < 4.78 is 5.68. The summed E-state index contributed by atoms with van der Waals surface area (Å²) in [7, 11) is 0. The van der Waals surface area contributed by atoms with Gasteiger partial charge in [-0.25, -0.2) is 0 Å². The molecule has 1 aliphatic heterocycles. The van der Waals surface area contributed by atoms with Crippen molar-refractivity contribution in [2.24, 2.45) is 0 Å². The first-order chi connectivity index (χ1) is 11.1. The van der Waals surface area contributed by atoms with E-state index in [-0.39, 0.29) is 11.7 Å². The highest BCUT2D eigenvalue weighted by Crippen LogP contribution is 2.32. The van der Waals surface area contributed by atoms with Crippen molar-refractivity contribution in [2.75, 3.05) is 19.7 Å². The fourth-order valence-corrected chi connectivity index (χ4v) is 3.27. The molecule has 0 saturated carbocycles. The molecule has 0 radical (unpaired) electrons. The van der Waals surface area contributed by atoms with Crippen LogP contribution >= 0.6 is 11.3 Å². The van der Waals surface area contributed by atoms with Gasteiger partial charge in [-0.2, -0.15) is 0 Å². The molecule has 1 aromatic heterocycles. The Hall–Kier alpha value is -2.45. The van der Waals surface area contributed by atoms with Crippen LogP contribution in [0.15, 0.2) is 35.7 Å². The molecule has 0 bridgehead atoms. The van der Waals surface area contributed by atoms with Gasteiger partial charge in [0.15, 0.2) is 0 Å². The van der Waals surface area contributed by atoms with Crippen LogP contribution in [0.1, 0.15) is 21.3 Å². The van der Waals surface area contributed by atoms with E-state index in [1.165, 1.54) is 18.2 Å². The predicted octanol–water partition coefficient (Wildman–Crippen LogP) is 2.58. The predicted molar refractivity (Wildman–Crippen MR) is 83.7 cm³/mol. The van der Waals surface area contributed by atoms with Crippen molar-refractivity contribution < 1.29 is 19.6 Å². The van der Waals surface area contributed by atoms with E-state index in [4.69, 9.17) is 4.74 Å². The van der Waals surface area contributed by atoms with E-state index < -0.39 is 22.3 Å². The topological polar surface area (TPSA) is 92.9 Å². The van der Waals surface area contributed by atoms with Gasteiger partial charge in [-0.15, -0.1) is 11.3 Å². The van der Waals surface area contributed by atoms with Crippen molar-refractivity contribution in [1.29, 1.82) is 0 Å². The summed E-state index contributed by atoms with van der Waals surface area (Å²) in [6.07, 6.45) is -0.214. The number of nitrogens with zero attached hydrogens (tertiary/aromatic N) is 2. The van der Waals surface area contributed by atoms with E-state index in [0.29, 0.717) is 19.7 Å². The minimum absolute atomic E-state index is 0.0639. The van der Waals surface area contributed by atoms with Gasteiger partial charge in [0, 0.05) is 17.5 Å². The second-order valence-corrected chi connectivity index (χ2v) is 6.04. The number of phenols is 1. The summed E-state index contributed by atoms with van der Waals surface area (Å²) in [4.78, 5) is 25.3. The first kappa shape index (κ1) is 15.4. The highest BCUT2D eigenvalue weighted by Gasteiger charge is 2.29. The number of phenolic OH excluding ortho intramolecular Hbond substituents is 1. The number of ether oxygens (including phenoxy) is 1. The van der Waals surface area contributed by atoms with Crippen LogP contribution in [-0.4, -0.2) is 40.5 Å².